The number of carbonyl (C=O) groups excluding carboxylic acids is 1. The van der Waals surface area contributed by atoms with E-state index in [9.17, 15) is 9.59 Å². The van der Waals surface area contributed by atoms with Crippen molar-refractivity contribution < 1.29 is 19.4 Å². The molecule has 1 aliphatic heterocycles. The van der Waals surface area contributed by atoms with Crippen LogP contribution in [0.1, 0.15) is 19.4 Å². The monoisotopic (exact) mass is 263 g/mol. The molecule has 2 rings (SSSR count). The van der Waals surface area contributed by atoms with Crippen LogP contribution in [0.15, 0.2) is 24.3 Å². The molecule has 1 heterocycles. The van der Waals surface area contributed by atoms with Crippen LogP contribution < -0.4 is 10.1 Å². The third-order valence-corrected chi connectivity index (χ3v) is 3.17. The second-order valence-electron chi connectivity index (χ2n) is 4.99. The summed E-state index contributed by atoms with van der Waals surface area (Å²) in [6.07, 6.45) is -0.162. The van der Waals surface area contributed by atoms with Gasteiger partial charge >= 0.3 is 5.97 Å². The maximum atomic E-state index is 12.0. The van der Waals surface area contributed by atoms with Gasteiger partial charge in [0.1, 0.15) is 11.8 Å². The maximum Gasteiger partial charge on any atom is 0.326 e. The molecule has 0 saturated carbocycles. The summed E-state index contributed by atoms with van der Waals surface area (Å²) in [6.45, 7) is 3.51. The Labute approximate surface area is 111 Å². The molecule has 0 aromatic heterocycles. The number of hydrogen-bond acceptors (Lipinski definition) is 3. The van der Waals surface area contributed by atoms with Gasteiger partial charge in [0.25, 0.3) is 5.91 Å². The number of fused-ring (bicyclic) bond motifs is 1. The predicted molar refractivity (Wildman–Crippen MR) is 69.0 cm³/mol. The van der Waals surface area contributed by atoms with Crippen LogP contribution in [0.5, 0.6) is 5.75 Å². The highest BCUT2D eigenvalue weighted by Crippen LogP contribution is 2.28. The molecule has 1 aliphatic rings. The molecule has 1 aromatic carbocycles. The summed E-state index contributed by atoms with van der Waals surface area (Å²) in [7, 11) is 0. The fourth-order valence-corrected chi connectivity index (χ4v) is 2.09. The zero-order chi connectivity index (χ0) is 14.0. The first-order valence-corrected chi connectivity index (χ1v) is 6.26. The minimum absolute atomic E-state index is 0.176. The summed E-state index contributed by atoms with van der Waals surface area (Å²) >= 11 is 0. The average Bonchev–Trinajstić information content (AvgIpc) is 2.78. The second kappa shape index (κ2) is 5.30. The van der Waals surface area contributed by atoms with Gasteiger partial charge in [-0.3, -0.25) is 4.79 Å². The van der Waals surface area contributed by atoms with E-state index in [1.54, 1.807) is 19.9 Å². The third kappa shape index (κ3) is 2.86. The molecule has 0 bridgehead atoms. The molecular formula is C14H17NO4. The highest BCUT2D eigenvalue weighted by Gasteiger charge is 2.32. The number of hydrogen-bond donors (Lipinski definition) is 2. The summed E-state index contributed by atoms with van der Waals surface area (Å²) in [5.74, 6) is -0.888. The van der Waals surface area contributed by atoms with Crippen molar-refractivity contribution in [2.45, 2.75) is 32.4 Å². The molecular weight excluding hydrogens is 246 g/mol. The number of carboxylic acid groups (broad SMARTS) is 1. The third-order valence-electron chi connectivity index (χ3n) is 3.17. The lowest BCUT2D eigenvalue weighted by molar-refractivity contribution is -0.144. The largest absolute Gasteiger partial charge is 0.480 e. The van der Waals surface area contributed by atoms with Crippen LogP contribution in [0.2, 0.25) is 0 Å². The molecule has 102 valence electrons. The summed E-state index contributed by atoms with van der Waals surface area (Å²) in [4.78, 5) is 23.1. The lowest BCUT2D eigenvalue weighted by Gasteiger charge is -2.20. The van der Waals surface area contributed by atoms with E-state index in [2.05, 4.69) is 5.32 Å². The van der Waals surface area contributed by atoms with E-state index in [1.165, 1.54) is 0 Å². The summed E-state index contributed by atoms with van der Waals surface area (Å²) < 4.78 is 5.52. The number of carboxylic acids is 1. The quantitative estimate of drug-likeness (QED) is 0.856. The Kier molecular flexibility index (Phi) is 3.74. The molecule has 0 spiro atoms. The van der Waals surface area contributed by atoms with Gasteiger partial charge in [0, 0.05) is 6.42 Å². The minimum Gasteiger partial charge on any atom is -0.480 e. The number of para-hydroxylation sites is 1. The molecule has 0 saturated heterocycles. The Morgan fingerprint density at radius 1 is 1.37 bits per heavy atom. The molecule has 19 heavy (non-hydrogen) atoms. The van der Waals surface area contributed by atoms with Crippen LogP contribution in [0, 0.1) is 5.92 Å². The van der Waals surface area contributed by atoms with E-state index in [0.29, 0.717) is 12.2 Å². The summed E-state index contributed by atoms with van der Waals surface area (Å²) in [5.41, 5.74) is 0.971. The standard InChI is InChI=1S/C14H17NO4/c1-8(2)12(14(17)18)15-13(16)11-7-9-5-3-4-6-10(9)19-11/h3-6,8,11-12H,7H2,1-2H3,(H,15,16)(H,17,18)/t11?,12-/m1/s1. The molecule has 5 heteroatoms. The molecule has 2 atom stereocenters. The van der Waals surface area contributed by atoms with Gasteiger partial charge < -0.3 is 15.2 Å². The van der Waals surface area contributed by atoms with Crippen molar-refractivity contribution in [3.63, 3.8) is 0 Å². The topological polar surface area (TPSA) is 75.6 Å². The minimum atomic E-state index is -1.03. The van der Waals surface area contributed by atoms with E-state index < -0.39 is 18.1 Å². The number of benzene rings is 1. The average molecular weight is 263 g/mol. The molecule has 1 aromatic rings. The summed E-state index contributed by atoms with van der Waals surface area (Å²) in [5, 5.41) is 11.6. The zero-order valence-electron chi connectivity index (χ0n) is 10.9. The summed E-state index contributed by atoms with van der Waals surface area (Å²) in [6, 6.07) is 6.54. The van der Waals surface area contributed by atoms with Gasteiger partial charge in [-0.05, 0) is 17.5 Å². The number of nitrogens with one attached hydrogen (secondary N) is 1. The van der Waals surface area contributed by atoms with Crippen LogP contribution in [-0.4, -0.2) is 29.1 Å². The highest BCUT2D eigenvalue weighted by atomic mass is 16.5. The Balaban J connectivity index is 2.01. The Hall–Kier alpha value is -2.04. The second-order valence-corrected chi connectivity index (χ2v) is 4.99. The van der Waals surface area contributed by atoms with Crippen LogP contribution in [0.3, 0.4) is 0 Å². The molecule has 5 nitrogen and oxygen atoms in total. The first-order chi connectivity index (χ1) is 8.99. The number of carbonyl (C=O) groups is 2. The van der Waals surface area contributed by atoms with E-state index in [-0.39, 0.29) is 11.8 Å². The molecule has 1 amide bonds. The lowest BCUT2D eigenvalue weighted by atomic mass is 10.0. The highest BCUT2D eigenvalue weighted by molar-refractivity contribution is 5.87. The Morgan fingerprint density at radius 2 is 2.05 bits per heavy atom. The van der Waals surface area contributed by atoms with Crippen LogP contribution in [-0.2, 0) is 16.0 Å². The van der Waals surface area contributed by atoms with Gasteiger partial charge in [0.05, 0.1) is 0 Å². The zero-order valence-corrected chi connectivity index (χ0v) is 10.9. The fraction of sp³-hybridized carbons (Fsp3) is 0.429. The van der Waals surface area contributed by atoms with Gasteiger partial charge in [-0.25, -0.2) is 4.79 Å². The van der Waals surface area contributed by atoms with E-state index >= 15 is 0 Å². The van der Waals surface area contributed by atoms with Crippen molar-refractivity contribution in [1.82, 2.24) is 5.32 Å². The van der Waals surface area contributed by atoms with Crippen LogP contribution in [0.25, 0.3) is 0 Å². The lowest BCUT2D eigenvalue weighted by Crippen LogP contribution is -2.49. The number of rotatable bonds is 4. The SMILES string of the molecule is CC(C)[C@@H](NC(=O)C1Cc2ccccc2O1)C(=O)O. The molecule has 0 radical (unpaired) electrons. The van der Waals surface area contributed by atoms with Gasteiger partial charge in [0.15, 0.2) is 6.10 Å². The van der Waals surface area contributed by atoms with Crippen LogP contribution in [0.4, 0.5) is 0 Å². The molecule has 0 aliphatic carbocycles. The fourth-order valence-electron chi connectivity index (χ4n) is 2.09. The van der Waals surface area contributed by atoms with E-state index in [4.69, 9.17) is 9.84 Å². The van der Waals surface area contributed by atoms with Gasteiger partial charge in [-0.1, -0.05) is 32.0 Å². The van der Waals surface area contributed by atoms with E-state index in [1.807, 2.05) is 18.2 Å². The molecule has 0 fully saturated rings. The Morgan fingerprint density at radius 3 is 2.63 bits per heavy atom. The smallest absolute Gasteiger partial charge is 0.326 e. The first-order valence-electron chi connectivity index (χ1n) is 6.26. The van der Waals surface area contributed by atoms with Crippen molar-refractivity contribution in [1.29, 1.82) is 0 Å². The Bertz CT molecular complexity index is 473. The number of amides is 1. The van der Waals surface area contributed by atoms with E-state index in [0.717, 1.165) is 5.56 Å². The van der Waals surface area contributed by atoms with Crippen molar-refractivity contribution in [2.24, 2.45) is 5.92 Å². The number of ether oxygens (including phenoxy) is 1. The predicted octanol–water partition coefficient (Wildman–Crippen LogP) is 1.22. The molecule has 2 N–H and O–H groups in total. The van der Waals surface area contributed by atoms with Crippen molar-refractivity contribution in [2.75, 3.05) is 0 Å². The number of aliphatic carboxylic acids is 1. The first kappa shape index (κ1) is 13.4. The van der Waals surface area contributed by atoms with Gasteiger partial charge in [-0.15, -0.1) is 0 Å². The van der Waals surface area contributed by atoms with Crippen LogP contribution >= 0.6 is 0 Å². The molecule has 1 unspecified atom stereocenters. The van der Waals surface area contributed by atoms with Crippen molar-refractivity contribution in [3.8, 4) is 5.75 Å². The maximum absolute atomic E-state index is 12.0. The van der Waals surface area contributed by atoms with Gasteiger partial charge in [0.2, 0.25) is 0 Å². The van der Waals surface area contributed by atoms with Crippen molar-refractivity contribution >= 4 is 11.9 Å². The van der Waals surface area contributed by atoms with Crippen molar-refractivity contribution in [3.05, 3.63) is 29.8 Å². The normalized spacial score (nSPS) is 18.6. The van der Waals surface area contributed by atoms with Gasteiger partial charge in [-0.2, -0.15) is 0 Å².